The summed E-state index contributed by atoms with van der Waals surface area (Å²) in [6, 6.07) is 0. The van der Waals surface area contributed by atoms with E-state index >= 15 is 0 Å². The Morgan fingerprint density at radius 2 is 1.54 bits per heavy atom. The number of epoxide rings is 2. The number of ketones is 2. The Balaban J connectivity index is 1.19. The standard InChI is InChI=1S/C31H52N6O11/c1-20(2)5-6-24-30(3,48-24)28-27(43-4)23(7-8-31(28)19-46-31)47-29(42)34-10-12-45-14-13-44-11-9-33-26(41)18-37-36-17-22(39)21(38)16-35-25(40)15-32/h5,23-24,27-28,36-37H,6-19,32H2,1-4H3,(H,33,41)(H,34,42)(H,35,40)/t23?,24-,27?,28?,30?,31+/m1/s1. The molecule has 0 aromatic rings. The van der Waals surface area contributed by atoms with Gasteiger partial charge in [-0.2, -0.15) is 0 Å². The average molecular weight is 685 g/mol. The molecule has 0 aromatic heterocycles. The summed E-state index contributed by atoms with van der Waals surface area (Å²) in [6.45, 7) is 7.31. The van der Waals surface area contributed by atoms with Gasteiger partial charge in [0.2, 0.25) is 23.4 Å². The molecule has 3 amide bonds. The first-order valence-corrected chi connectivity index (χ1v) is 16.3. The van der Waals surface area contributed by atoms with Crippen molar-refractivity contribution in [2.75, 3.05) is 79.4 Å². The molecule has 48 heavy (non-hydrogen) atoms. The van der Waals surface area contributed by atoms with Crippen LogP contribution in [0.2, 0.25) is 0 Å². The molecule has 7 N–H and O–H groups in total. The highest BCUT2D eigenvalue weighted by Crippen LogP contribution is 2.59. The van der Waals surface area contributed by atoms with E-state index in [1.54, 1.807) is 7.11 Å². The van der Waals surface area contributed by atoms with Crippen LogP contribution in [0, 0.1) is 5.92 Å². The summed E-state index contributed by atoms with van der Waals surface area (Å²) in [7, 11) is 1.64. The summed E-state index contributed by atoms with van der Waals surface area (Å²) in [6.07, 6.45) is 3.18. The van der Waals surface area contributed by atoms with Gasteiger partial charge in [-0.05, 0) is 40.0 Å². The van der Waals surface area contributed by atoms with Gasteiger partial charge in [0.15, 0.2) is 0 Å². The van der Waals surface area contributed by atoms with Gasteiger partial charge in [-0.1, -0.05) is 11.6 Å². The Labute approximate surface area is 281 Å². The molecule has 3 rings (SSSR count). The van der Waals surface area contributed by atoms with E-state index in [4.69, 9.17) is 34.2 Å². The fourth-order valence-corrected chi connectivity index (χ4v) is 5.86. The van der Waals surface area contributed by atoms with Crippen molar-refractivity contribution in [1.29, 1.82) is 0 Å². The van der Waals surface area contributed by atoms with Crippen molar-refractivity contribution in [2.45, 2.75) is 69.5 Å². The molecule has 3 aliphatic rings. The quantitative estimate of drug-likeness (QED) is 0.0230. The van der Waals surface area contributed by atoms with Crippen LogP contribution >= 0.6 is 0 Å². The first kappa shape index (κ1) is 39.4. The second-order valence-electron chi connectivity index (χ2n) is 12.4. The largest absolute Gasteiger partial charge is 0.443 e. The van der Waals surface area contributed by atoms with Crippen molar-refractivity contribution in [2.24, 2.45) is 11.7 Å². The van der Waals surface area contributed by atoms with Crippen molar-refractivity contribution in [1.82, 2.24) is 26.8 Å². The molecule has 0 aromatic carbocycles. The zero-order valence-corrected chi connectivity index (χ0v) is 28.4. The number of hydrazine groups is 1. The number of hydrogen-bond acceptors (Lipinski definition) is 14. The number of amides is 3. The van der Waals surface area contributed by atoms with Gasteiger partial charge in [0.05, 0.1) is 71.2 Å². The fourth-order valence-electron chi connectivity index (χ4n) is 5.86. The number of carbonyl (C=O) groups excluding carboxylic acids is 5. The van der Waals surface area contributed by atoms with E-state index < -0.39 is 41.8 Å². The van der Waals surface area contributed by atoms with Crippen LogP contribution in [0.4, 0.5) is 4.79 Å². The summed E-state index contributed by atoms with van der Waals surface area (Å²) < 4.78 is 34.8. The average Bonchev–Trinajstić information content (AvgIpc) is 3.98. The lowest BCUT2D eigenvalue weighted by molar-refractivity contribution is -0.136. The zero-order chi connectivity index (χ0) is 35.2. The van der Waals surface area contributed by atoms with Gasteiger partial charge in [-0.3, -0.25) is 19.2 Å². The molecule has 1 saturated carbocycles. The molecule has 4 unspecified atom stereocenters. The minimum absolute atomic E-state index is 0.0482. The molecule has 272 valence electrons. The van der Waals surface area contributed by atoms with Gasteiger partial charge in [0.1, 0.15) is 23.4 Å². The Bertz CT molecular complexity index is 1150. The molecule has 1 spiro atoms. The highest BCUT2D eigenvalue weighted by molar-refractivity contribution is 6.39. The molecule has 6 atom stereocenters. The maximum Gasteiger partial charge on any atom is 0.407 e. The Kier molecular flexibility index (Phi) is 15.8. The Morgan fingerprint density at radius 1 is 0.896 bits per heavy atom. The van der Waals surface area contributed by atoms with Gasteiger partial charge in [-0.15, -0.1) is 0 Å². The van der Waals surface area contributed by atoms with Crippen molar-refractivity contribution >= 4 is 29.5 Å². The molecule has 1 aliphatic carbocycles. The van der Waals surface area contributed by atoms with E-state index in [0.717, 1.165) is 12.8 Å². The lowest BCUT2D eigenvalue weighted by Crippen LogP contribution is -2.56. The summed E-state index contributed by atoms with van der Waals surface area (Å²) in [5.41, 5.74) is 10.7. The summed E-state index contributed by atoms with van der Waals surface area (Å²) in [5.74, 6) is -2.49. The molecular formula is C31H52N6O11. The van der Waals surface area contributed by atoms with Gasteiger partial charge in [-0.25, -0.2) is 15.6 Å². The van der Waals surface area contributed by atoms with Crippen LogP contribution in [0.1, 0.15) is 40.0 Å². The monoisotopic (exact) mass is 684 g/mol. The third-order valence-electron chi connectivity index (χ3n) is 8.52. The first-order valence-electron chi connectivity index (χ1n) is 16.3. The highest BCUT2D eigenvalue weighted by Gasteiger charge is 2.72. The number of rotatable bonds is 23. The number of methoxy groups -OCH3 is 1. The van der Waals surface area contributed by atoms with E-state index in [-0.39, 0.29) is 75.6 Å². The molecule has 2 aliphatic heterocycles. The normalized spacial score (nSPS) is 27.1. The first-order chi connectivity index (χ1) is 23.0. The predicted octanol–water partition coefficient (Wildman–Crippen LogP) is -1.75. The smallest absolute Gasteiger partial charge is 0.407 e. The molecular weight excluding hydrogens is 632 g/mol. The van der Waals surface area contributed by atoms with E-state index in [2.05, 4.69) is 53.6 Å². The fraction of sp³-hybridized carbons (Fsp3) is 0.774. The van der Waals surface area contributed by atoms with Crippen molar-refractivity contribution in [3.05, 3.63) is 11.6 Å². The third kappa shape index (κ3) is 12.1. The zero-order valence-electron chi connectivity index (χ0n) is 28.4. The van der Waals surface area contributed by atoms with Gasteiger partial charge >= 0.3 is 6.09 Å². The number of ether oxygens (including phenoxy) is 6. The summed E-state index contributed by atoms with van der Waals surface area (Å²) in [4.78, 5) is 58.7. The SMILES string of the molecule is COC1C(OC(=O)NCCOCCOCCNC(=O)CNNCC(=O)C(=O)CNC(=O)CN)CC[C@]2(CO2)C1C1(C)O[C@@H]1CC=C(C)C. The second kappa shape index (κ2) is 19.2. The van der Waals surface area contributed by atoms with Gasteiger partial charge < -0.3 is 50.1 Å². The van der Waals surface area contributed by atoms with Crippen LogP contribution in [0.25, 0.3) is 0 Å². The van der Waals surface area contributed by atoms with Gasteiger partial charge in [0.25, 0.3) is 0 Å². The maximum absolute atomic E-state index is 12.6. The van der Waals surface area contributed by atoms with Crippen LogP contribution in [-0.2, 0) is 47.6 Å². The van der Waals surface area contributed by atoms with Crippen LogP contribution in [-0.4, -0.2) is 138 Å². The minimum atomic E-state index is -0.787. The molecule has 2 heterocycles. The van der Waals surface area contributed by atoms with Crippen molar-refractivity contribution in [3.63, 3.8) is 0 Å². The number of Topliss-reactive ketones (excluding diaryl/α,β-unsaturated/α-hetero) is 2. The lowest BCUT2D eigenvalue weighted by atomic mass is 9.68. The number of nitrogens with one attached hydrogen (secondary N) is 5. The molecule has 3 fully saturated rings. The Morgan fingerprint density at radius 3 is 2.17 bits per heavy atom. The van der Waals surface area contributed by atoms with E-state index in [0.29, 0.717) is 26.2 Å². The number of nitrogens with two attached hydrogens (primary N) is 1. The van der Waals surface area contributed by atoms with Crippen molar-refractivity contribution in [3.8, 4) is 0 Å². The molecule has 2 saturated heterocycles. The number of alkyl carbamates (subject to hydrolysis) is 1. The predicted molar refractivity (Wildman–Crippen MR) is 171 cm³/mol. The van der Waals surface area contributed by atoms with E-state index in [9.17, 15) is 24.0 Å². The second-order valence-corrected chi connectivity index (χ2v) is 12.4. The lowest BCUT2D eigenvalue weighted by Gasteiger charge is -2.42. The van der Waals surface area contributed by atoms with Crippen LogP contribution in [0.15, 0.2) is 11.6 Å². The molecule has 17 nitrogen and oxygen atoms in total. The maximum atomic E-state index is 12.6. The molecule has 0 radical (unpaired) electrons. The number of carbonyl (C=O) groups is 5. The minimum Gasteiger partial charge on any atom is -0.443 e. The number of hydrogen-bond donors (Lipinski definition) is 6. The van der Waals surface area contributed by atoms with Crippen LogP contribution in [0.3, 0.4) is 0 Å². The molecule has 0 bridgehead atoms. The summed E-state index contributed by atoms with van der Waals surface area (Å²) >= 11 is 0. The Hall–Kier alpha value is -3.03. The topological polar surface area (TPSA) is 234 Å². The highest BCUT2D eigenvalue weighted by atomic mass is 16.6. The third-order valence-corrected chi connectivity index (χ3v) is 8.52. The van der Waals surface area contributed by atoms with E-state index in [1.165, 1.54) is 5.57 Å². The van der Waals surface area contributed by atoms with E-state index in [1.807, 2.05) is 0 Å². The molecule has 17 heteroatoms. The number of allylic oxidation sites excluding steroid dienone is 1. The van der Waals surface area contributed by atoms with Crippen LogP contribution in [0.5, 0.6) is 0 Å². The van der Waals surface area contributed by atoms with Gasteiger partial charge in [0, 0.05) is 20.2 Å². The summed E-state index contributed by atoms with van der Waals surface area (Å²) in [5, 5.41) is 7.56. The van der Waals surface area contributed by atoms with Crippen molar-refractivity contribution < 1.29 is 52.4 Å². The van der Waals surface area contributed by atoms with Crippen LogP contribution < -0.4 is 32.5 Å².